The van der Waals surface area contributed by atoms with Crippen LogP contribution in [0, 0.1) is 0 Å². The third kappa shape index (κ3) is 4.05. The summed E-state index contributed by atoms with van der Waals surface area (Å²) in [5, 5.41) is 9.12. The Kier molecular flexibility index (Phi) is 5.54. The summed E-state index contributed by atoms with van der Waals surface area (Å²) in [6.07, 6.45) is 2.04. The average Bonchev–Trinajstić information content (AvgIpc) is 2.50. The number of benzene rings is 1. The first kappa shape index (κ1) is 16.9. The maximum atomic E-state index is 12.3. The van der Waals surface area contributed by atoms with E-state index in [0.29, 0.717) is 30.5 Å². The average molecular weight is 347 g/mol. The molecule has 1 atom stereocenters. The van der Waals surface area contributed by atoms with Crippen LogP contribution in [0.15, 0.2) is 23.1 Å². The summed E-state index contributed by atoms with van der Waals surface area (Å²) in [6.45, 7) is 0.753. The first-order chi connectivity index (χ1) is 10.4. The predicted molar refractivity (Wildman–Crippen MR) is 82.2 cm³/mol. The zero-order valence-corrected chi connectivity index (χ0v) is 13.6. The quantitative estimate of drug-likeness (QED) is 0.757. The van der Waals surface area contributed by atoms with E-state index in [-0.39, 0.29) is 11.3 Å². The molecule has 1 aromatic rings. The van der Waals surface area contributed by atoms with Crippen LogP contribution in [-0.4, -0.2) is 50.8 Å². The molecule has 0 amide bonds. The number of sulfonamides is 1. The van der Waals surface area contributed by atoms with Crippen molar-refractivity contribution < 1.29 is 27.8 Å². The van der Waals surface area contributed by atoms with Gasteiger partial charge >= 0.3 is 5.97 Å². The first-order valence-electron chi connectivity index (χ1n) is 6.58. The highest BCUT2D eigenvalue weighted by Crippen LogP contribution is 2.32. The first-order valence-corrected chi connectivity index (χ1v) is 9.45. The lowest BCUT2D eigenvalue weighted by Gasteiger charge is -2.19. The van der Waals surface area contributed by atoms with Gasteiger partial charge in [0.25, 0.3) is 0 Å². The van der Waals surface area contributed by atoms with Crippen LogP contribution in [0.5, 0.6) is 11.5 Å². The number of carbonyl (C=O) groups is 1. The number of hydrogen-bond donors (Lipinski definition) is 2. The number of aliphatic carboxylic acids is 1. The molecular weight excluding hydrogens is 330 g/mol. The largest absolute Gasteiger partial charge is 0.486 e. The number of fused-ring (bicyclic) bond motifs is 1. The molecule has 1 aromatic carbocycles. The monoisotopic (exact) mass is 347 g/mol. The molecular formula is C13H17NO6S2. The zero-order chi connectivity index (χ0) is 16.2. The smallest absolute Gasteiger partial charge is 0.321 e. The Bertz CT molecular complexity index is 646. The van der Waals surface area contributed by atoms with Gasteiger partial charge < -0.3 is 14.6 Å². The molecule has 0 radical (unpaired) electrons. The molecule has 0 spiro atoms. The van der Waals surface area contributed by atoms with Crippen molar-refractivity contribution in [2.45, 2.75) is 17.4 Å². The van der Waals surface area contributed by atoms with Crippen molar-refractivity contribution in [3.8, 4) is 11.5 Å². The fourth-order valence-corrected chi connectivity index (χ4v) is 3.62. The van der Waals surface area contributed by atoms with Crippen LogP contribution in [0.2, 0.25) is 0 Å². The summed E-state index contributed by atoms with van der Waals surface area (Å²) in [7, 11) is -3.94. The topological polar surface area (TPSA) is 102 Å². The fraction of sp³-hybridized carbons (Fsp3) is 0.462. The van der Waals surface area contributed by atoms with Crippen LogP contribution < -0.4 is 14.2 Å². The highest BCUT2D eigenvalue weighted by Gasteiger charge is 2.26. The van der Waals surface area contributed by atoms with E-state index in [1.807, 2.05) is 6.26 Å². The Labute approximate surface area is 133 Å². The second-order valence-electron chi connectivity index (χ2n) is 4.60. The molecule has 2 N–H and O–H groups in total. The van der Waals surface area contributed by atoms with Crippen LogP contribution in [0.25, 0.3) is 0 Å². The van der Waals surface area contributed by atoms with Gasteiger partial charge in [0.05, 0.1) is 4.90 Å². The molecule has 2 rings (SSSR count). The van der Waals surface area contributed by atoms with E-state index in [1.165, 1.54) is 30.0 Å². The number of hydrogen-bond acceptors (Lipinski definition) is 6. The van der Waals surface area contributed by atoms with Gasteiger partial charge in [0.1, 0.15) is 19.3 Å². The summed E-state index contributed by atoms with van der Waals surface area (Å²) in [4.78, 5) is 11.1. The van der Waals surface area contributed by atoms with Crippen LogP contribution in [0.1, 0.15) is 6.42 Å². The van der Waals surface area contributed by atoms with Gasteiger partial charge in [-0.05, 0) is 30.6 Å². The minimum Gasteiger partial charge on any atom is -0.486 e. The third-order valence-corrected chi connectivity index (χ3v) is 5.14. The van der Waals surface area contributed by atoms with E-state index < -0.39 is 22.0 Å². The van der Waals surface area contributed by atoms with Crippen LogP contribution in [0.3, 0.4) is 0 Å². The van der Waals surface area contributed by atoms with Gasteiger partial charge in [-0.15, -0.1) is 0 Å². The predicted octanol–water partition coefficient (Wildman–Crippen LogP) is 0.942. The number of nitrogens with one attached hydrogen (secondary N) is 1. The van der Waals surface area contributed by atoms with Gasteiger partial charge in [0.2, 0.25) is 10.0 Å². The molecule has 0 saturated carbocycles. The van der Waals surface area contributed by atoms with Gasteiger partial charge in [-0.25, -0.2) is 8.42 Å². The van der Waals surface area contributed by atoms with Crippen LogP contribution in [-0.2, 0) is 14.8 Å². The lowest BCUT2D eigenvalue weighted by molar-refractivity contribution is -0.139. The van der Waals surface area contributed by atoms with Crippen molar-refractivity contribution in [2.75, 3.05) is 25.2 Å². The molecule has 0 saturated heterocycles. The van der Waals surface area contributed by atoms with Crippen molar-refractivity contribution in [3.05, 3.63) is 18.2 Å². The van der Waals surface area contributed by atoms with E-state index in [4.69, 9.17) is 14.6 Å². The number of thioether (sulfide) groups is 1. The summed E-state index contributed by atoms with van der Waals surface area (Å²) in [5.74, 6) is 0.156. The van der Waals surface area contributed by atoms with Crippen molar-refractivity contribution in [1.29, 1.82) is 0 Å². The Morgan fingerprint density at radius 3 is 2.68 bits per heavy atom. The van der Waals surface area contributed by atoms with Gasteiger partial charge in [-0.1, -0.05) is 0 Å². The molecule has 0 aromatic heterocycles. The molecule has 1 aliphatic rings. The molecule has 1 aliphatic heterocycles. The van der Waals surface area contributed by atoms with E-state index in [2.05, 4.69) is 4.72 Å². The maximum Gasteiger partial charge on any atom is 0.321 e. The Balaban J connectivity index is 2.20. The summed E-state index contributed by atoms with van der Waals surface area (Å²) >= 11 is 1.45. The van der Waals surface area contributed by atoms with Gasteiger partial charge in [0, 0.05) is 6.07 Å². The summed E-state index contributed by atoms with van der Waals surface area (Å²) < 4.78 is 37.5. The van der Waals surface area contributed by atoms with Crippen molar-refractivity contribution >= 4 is 27.8 Å². The second kappa shape index (κ2) is 7.21. The molecule has 7 nitrogen and oxygen atoms in total. The van der Waals surface area contributed by atoms with Gasteiger partial charge in [0.15, 0.2) is 11.5 Å². The molecule has 0 aliphatic carbocycles. The third-order valence-electron chi connectivity index (χ3n) is 3.03. The maximum absolute atomic E-state index is 12.3. The minimum atomic E-state index is -3.94. The molecule has 0 fully saturated rings. The number of carboxylic acids is 1. The number of rotatable bonds is 7. The highest BCUT2D eigenvalue weighted by molar-refractivity contribution is 7.98. The van der Waals surface area contributed by atoms with Crippen LogP contribution >= 0.6 is 11.8 Å². The van der Waals surface area contributed by atoms with E-state index in [1.54, 1.807) is 0 Å². The van der Waals surface area contributed by atoms with Crippen molar-refractivity contribution in [1.82, 2.24) is 4.72 Å². The lowest BCUT2D eigenvalue weighted by Crippen LogP contribution is -2.41. The van der Waals surface area contributed by atoms with Gasteiger partial charge in [-0.2, -0.15) is 16.5 Å². The van der Waals surface area contributed by atoms with E-state index >= 15 is 0 Å². The normalized spacial score (nSPS) is 15.3. The molecule has 1 heterocycles. The van der Waals surface area contributed by atoms with Crippen LogP contribution in [0.4, 0.5) is 0 Å². The van der Waals surface area contributed by atoms with Crippen molar-refractivity contribution in [2.24, 2.45) is 0 Å². The summed E-state index contributed by atoms with van der Waals surface area (Å²) in [5.41, 5.74) is 0. The second-order valence-corrected chi connectivity index (χ2v) is 7.30. The lowest BCUT2D eigenvalue weighted by atomic mass is 10.2. The summed E-state index contributed by atoms with van der Waals surface area (Å²) in [6, 6.07) is 3.04. The SMILES string of the molecule is CSCCC(NS(=O)(=O)c1ccc2c(c1)OCCO2)C(=O)O. The Hall–Kier alpha value is -1.45. The molecule has 122 valence electrons. The van der Waals surface area contributed by atoms with E-state index in [0.717, 1.165) is 0 Å². The van der Waals surface area contributed by atoms with Gasteiger partial charge in [-0.3, -0.25) is 4.79 Å². The minimum absolute atomic E-state index is 0.0489. The highest BCUT2D eigenvalue weighted by atomic mass is 32.2. The Morgan fingerprint density at radius 2 is 2.05 bits per heavy atom. The molecule has 9 heteroatoms. The standard InChI is InChI=1S/C13H17NO6S2/c1-21-7-4-10(13(15)16)14-22(17,18)9-2-3-11-12(8-9)20-6-5-19-11/h2-3,8,10,14H,4-7H2,1H3,(H,15,16). The Morgan fingerprint density at radius 1 is 1.36 bits per heavy atom. The van der Waals surface area contributed by atoms with Crippen molar-refractivity contribution in [3.63, 3.8) is 0 Å². The molecule has 22 heavy (non-hydrogen) atoms. The molecule has 0 bridgehead atoms. The fourth-order valence-electron chi connectivity index (χ4n) is 1.91. The van der Waals surface area contributed by atoms with E-state index in [9.17, 15) is 13.2 Å². The number of carboxylic acid groups (broad SMARTS) is 1. The zero-order valence-electron chi connectivity index (χ0n) is 11.9. The molecule has 1 unspecified atom stereocenters. The number of ether oxygens (including phenoxy) is 2.